The van der Waals surface area contributed by atoms with Crippen LogP contribution in [0.2, 0.25) is 0 Å². The van der Waals surface area contributed by atoms with Crippen LogP contribution >= 0.6 is 0 Å². The molecule has 1 amide bonds. The number of benzene rings is 3. The SMILES string of the molecule is CCN(CC)C(=O)c1c(N(C)c2ccccc2)ccc2ccccc12. The monoisotopic (exact) mass is 332 g/mol. The smallest absolute Gasteiger partial charge is 0.256 e. The van der Waals surface area contributed by atoms with Crippen LogP contribution in [0, 0.1) is 0 Å². The number of hydrogen-bond donors (Lipinski definition) is 0. The van der Waals surface area contributed by atoms with Crippen molar-refractivity contribution in [2.24, 2.45) is 0 Å². The number of hydrogen-bond acceptors (Lipinski definition) is 2. The van der Waals surface area contributed by atoms with Crippen molar-refractivity contribution in [3.63, 3.8) is 0 Å². The molecular weight excluding hydrogens is 308 g/mol. The van der Waals surface area contributed by atoms with Crippen LogP contribution in [0.5, 0.6) is 0 Å². The minimum Gasteiger partial charge on any atom is -0.344 e. The van der Waals surface area contributed by atoms with Crippen molar-refractivity contribution in [2.45, 2.75) is 13.8 Å². The Morgan fingerprint density at radius 2 is 1.48 bits per heavy atom. The minimum atomic E-state index is 0.0829. The van der Waals surface area contributed by atoms with E-state index in [9.17, 15) is 4.79 Å². The molecular formula is C22H24N2O. The summed E-state index contributed by atoms with van der Waals surface area (Å²) < 4.78 is 0. The van der Waals surface area contributed by atoms with Gasteiger partial charge in [-0.25, -0.2) is 0 Å². The standard InChI is InChI=1S/C22H24N2O/c1-4-24(5-2)22(25)21-19-14-10-9-11-17(19)15-16-20(21)23(3)18-12-7-6-8-13-18/h6-16H,4-5H2,1-3H3. The minimum absolute atomic E-state index is 0.0829. The Bertz CT molecular complexity index is 870. The van der Waals surface area contributed by atoms with Gasteiger partial charge in [-0.05, 0) is 42.8 Å². The molecule has 0 fully saturated rings. The fourth-order valence-electron chi connectivity index (χ4n) is 3.22. The summed E-state index contributed by atoms with van der Waals surface area (Å²) in [7, 11) is 2.01. The van der Waals surface area contributed by atoms with Gasteiger partial charge in [-0.3, -0.25) is 4.79 Å². The maximum Gasteiger partial charge on any atom is 0.256 e. The normalized spacial score (nSPS) is 10.7. The first-order valence-electron chi connectivity index (χ1n) is 8.77. The van der Waals surface area contributed by atoms with Crippen LogP contribution < -0.4 is 4.90 Å². The van der Waals surface area contributed by atoms with Gasteiger partial charge in [0, 0.05) is 25.8 Å². The van der Waals surface area contributed by atoms with E-state index in [1.54, 1.807) is 0 Å². The molecule has 3 nitrogen and oxygen atoms in total. The third-order valence-corrected chi connectivity index (χ3v) is 4.68. The number of nitrogens with zero attached hydrogens (tertiary/aromatic N) is 2. The number of carbonyl (C=O) groups is 1. The zero-order valence-corrected chi connectivity index (χ0v) is 15.1. The van der Waals surface area contributed by atoms with Crippen LogP contribution in [-0.4, -0.2) is 30.9 Å². The molecule has 3 aromatic carbocycles. The summed E-state index contributed by atoms with van der Waals surface area (Å²) in [6.45, 7) is 5.44. The van der Waals surface area contributed by atoms with Gasteiger partial charge < -0.3 is 9.80 Å². The molecule has 0 aromatic heterocycles. The highest BCUT2D eigenvalue weighted by Gasteiger charge is 2.22. The van der Waals surface area contributed by atoms with E-state index in [-0.39, 0.29) is 5.91 Å². The van der Waals surface area contributed by atoms with Gasteiger partial charge >= 0.3 is 0 Å². The maximum absolute atomic E-state index is 13.3. The van der Waals surface area contributed by atoms with Crippen LogP contribution in [-0.2, 0) is 0 Å². The summed E-state index contributed by atoms with van der Waals surface area (Å²) in [5.41, 5.74) is 2.77. The first kappa shape index (κ1) is 17.0. The van der Waals surface area contributed by atoms with E-state index in [0.29, 0.717) is 13.1 Å². The second-order valence-corrected chi connectivity index (χ2v) is 6.05. The largest absolute Gasteiger partial charge is 0.344 e. The first-order valence-corrected chi connectivity index (χ1v) is 8.77. The summed E-state index contributed by atoms with van der Waals surface area (Å²) in [6, 6.07) is 22.4. The van der Waals surface area contributed by atoms with E-state index in [1.807, 2.05) is 68.3 Å². The number of fused-ring (bicyclic) bond motifs is 1. The number of para-hydroxylation sites is 1. The van der Waals surface area contributed by atoms with Crippen molar-refractivity contribution in [2.75, 3.05) is 25.0 Å². The molecule has 0 radical (unpaired) electrons. The Morgan fingerprint density at radius 3 is 2.16 bits per heavy atom. The third kappa shape index (κ3) is 3.22. The molecule has 0 aliphatic carbocycles. The molecule has 0 aliphatic rings. The average Bonchev–Trinajstić information content (AvgIpc) is 2.68. The summed E-state index contributed by atoms with van der Waals surface area (Å²) in [5, 5.41) is 2.09. The molecule has 0 N–H and O–H groups in total. The topological polar surface area (TPSA) is 23.6 Å². The Morgan fingerprint density at radius 1 is 0.840 bits per heavy atom. The lowest BCUT2D eigenvalue weighted by atomic mass is 10.00. The van der Waals surface area contributed by atoms with E-state index in [4.69, 9.17) is 0 Å². The number of anilines is 2. The Hall–Kier alpha value is -2.81. The molecule has 0 heterocycles. The molecule has 3 rings (SSSR count). The van der Waals surface area contributed by atoms with Crippen molar-refractivity contribution in [1.82, 2.24) is 4.90 Å². The van der Waals surface area contributed by atoms with Gasteiger partial charge in [0.25, 0.3) is 5.91 Å². The zero-order valence-electron chi connectivity index (χ0n) is 15.1. The fraction of sp³-hybridized carbons (Fsp3) is 0.227. The molecule has 0 atom stereocenters. The molecule has 0 unspecified atom stereocenters. The third-order valence-electron chi connectivity index (χ3n) is 4.68. The van der Waals surface area contributed by atoms with Gasteiger partial charge in [0.1, 0.15) is 0 Å². The Balaban J connectivity index is 2.21. The van der Waals surface area contributed by atoms with E-state index < -0.39 is 0 Å². The van der Waals surface area contributed by atoms with Crippen LogP contribution in [0.1, 0.15) is 24.2 Å². The number of rotatable bonds is 5. The lowest BCUT2D eigenvalue weighted by Crippen LogP contribution is -2.31. The quantitative estimate of drug-likeness (QED) is 0.650. The summed E-state index contributed by atoms with van der Waals surface area (Å²) in [4.78, 5) is 17.2. The maximum atomic E-state index is 13.3. The van der Waals surface area contributed by atoms with Gasteiger partial charge in [0.15, 0.2) is 0 Å². The highest BCUT2D eigenvalue weighted by atomic mass is 16.2. The molecule has 0 aliphatic heterocycles. The van der Waals surface area contributed by atoms with E-state index >= 15 is 0 Å². The number of carbonyl (C=O) groups excluding carboxylic acids is 1. The Labute approximate surface area is 149 Å². The van der Waals surface area contributed by atoms with Crippen molar-refractivity contribution in [1.29, 1.82) is 0 Å². The van der Waals surface area contributed by atoms with Crippen LogP contribution in [0.15, 0.2) is 66.7 Å². The van der Waals surface area contributed by atoms with Crippen molar-refractivity contribution >= 4 is 28.1 Å². The van der Waals surface area contributed by atoms with Crippen molar-refractivity contribution in [3.8, 4) is 0 Å². The fourth-order valence-corrected chi connectivity index (χ4v) is 3.22. The molecule has 0 bridgehead atoms. The molecule has 0 saturated heterocycles. The van der Waals surface area contributed by atoms with Crippen molar-refractivity contribution < 1.29 is 4.79 Å². The second-order valence-electron chi connectivity index (χ2n) is 6.05. The van der Waals surface area contributed by atoms with Crippen LogP contribution in [0.4, 0.5) is 11.4 Å². The van der Waals surface area contributed by atoms with E-state index in [0.717, 1.165) is 27.7 Å². The molecule has 3 aromatic rings. The lowest BCUT2D eigenvalue weighted by molar-refractivity contribution is 0.0775. The summed E-state index contributed by atoms with van der Waals surface area (Å²) in [5.74, 6) is 0.0829. The van der Waals surface area contributed by atoms with Gasteiger partial charge in [-0.15, -0.1) is 0 Å². The first-order chi connectivity index (χ1) is 12.2. The molecule has 128 valence electrons. The molecule has 0 spiro atoms. The van der Waals surface area contributed by atoms with Gasteiger partial charge in [0.05, 0.1) is 11.3 Å². The van der Waals surface area contributed by atoms with Gasteiger partial charge in [-0.1, -0.05) is 48.5 Å². The van der Waals surface area contributed by atoms with Crippen molar-refractivity contribution in [3.05, 3.63) is 72.3 Å². The predicted molar refractivity (Wildman–Crippen MR) is 106 cm³/mol. The average molecular weight is 332 g/mol. The lowest BCUT2D eigenvalue weighted by Gasteiger charge is -2.26. The van der Waals surface area contributed by atoms with Gasteiger partial charge in [0.2, 0.25) is 0 Å². The molecule has 0 saturated carbocycles. The van der Waals surface area contributed by atoms with Crippen LogP contribution in [0.3, 0.4) is 0 Å². The second kappa shape index (κ2) is 7.39. The Kier molecular flexibility index (Phi) is 5.03. The number of amides is 1. The predicted octanol–water partition coefficient (Wildman–Crippen LogP) is 5.09. The summed E-state index contributed by atoms with van der Waals surface area (Å²) in [6.07, 6.45) is 0. The van der Waals surface area contributed by atoms with E-state index in [2.05, 4.69) is 29.2 Å². The van der Waals surface area contributed by atoms with E-state index in [1.165, 1.54) is 0 Å². The molecule has 25 heavy (non-hydrogen) atoms. The highest BCUT2D eigenvalue weighted by molar-refractivity contribution is 6.12. The zero-order chi connectivity index (χ0) is 17.8. The van der Waals surface area contributed by atoms with Crippen LogP contribution in [0.25, 0.3) is 10.8 Å². The van der Waals surface area contributed by atoms with Gasteiger partial charge in [-0.2, -0.15) is 0 Å². The highest BCUT2D eigenvalue weighted by Crippen LogP contribution is 2.33. The molecule has 3 heteroatoms. The summed E-state index contributed by atoms with van der Waals surface area (Å²) >= 11 is 0.